The van der Waals surface area contributed by atoms with Crippen LogP contribution in [0.2, 0.25) is 0 Å². The standard InChI is InChI=1S/C15H16O7/c1-19-13-6-9(5-10-11(16)7-22-15(10)18)3-4-12(13)21-8-14(17)20-2/h3-4,6,10H,5,7-8H2,1-2H3. The number of rotatable bonds is 6. The highest BCUT2D eigenvalue weighted by atomic mass is 16.6. The number of hydrogen-bond acceptors (Lipinski definition) is 7. The van der Waals surface area contributed by atoms with Crippen molar-refractivity contribution in [3.05, 3.63) is 23.8 Å². The van der Waals surface area contributed by atoms with Gasteiger partial charge in [0.15, 0.2) is 30.5 Å². The minimum atomic E-state index is -0.772. The van der Waals surface area contributed by atoms with Gasteiger partial charge in [-0.05, 0) is 24.1 Å². The Morgan fingerprint density at radius 3 is 2.64 bits per heavy atom. The molecule has 7 nitrogen and oxygen atoms in total. The van der Waals surface area contributed by atoms with Crippen molar-refractivity contribution in [2.75, 3.05) is 27.4 Å². The third-order valence-electron chi connectivity index (χ3n) is 3.27. The average Bonchev–Trinajstić information content (AvgIpc) is 2.84. The second-order valence-electron chi connectivity index (χ2n) is 4.68. The molecule has 118 valence electrons. The maximum Gasteiger partial charge on any atom is 0.343 e. The number of ether oxygens (including phenoxy) is 4. The Kier molecular flexibility index (Phi) is 4.98. The summed E-state index contributed by atoms with van der Waals surface area (Å²) in [6.45, 7) is -0.402. The van der Waals surface area contributed by atoms with Gasteiger partial charge in [0.2, 0.25) is 0 Å². The van der Waals surface area contributed by atoms with E-state index in [4.69, 9.17) is 14.2 Å². The zero-order chi connectivity index (χ0) is 16.1. The Bertz CT molecular complexity index is 578. The molecule has 1 aromatic carbocycles. The van der Waals surface area contributed by atoms with Gasteiger partial charge in [0.1, 0.15) is 5.92 Å². The van der Waals surface area contributed by atoms with Crippen LogP contribution < -0.4 is 9.47 Å². The number of cyclic esters (lactones) is 1. The largest absolute Gasteiger partial charge is 0.493 e. The highest BCUT2D eigenvalue weighted by Crippen LogP contribution is 2.29. The predicted octanol–water partition coefficient (Wildman–Crippen LogP) is 0.532. The molecule has 7 heteroatoms. The smallest absolute Gasteiger partial charge is 0.343 e. The van der Waals surface area contributed by atoms with Gasteiger partial charge in [0, 0.05) is 0 Å². The third kappa shape index (κ3) is 3.55. The summed E-state index contributed by atoms with van der Waals surface area (Å²) < 4.78 is 19.7. The zero-order valence-electron chi connectivity index (χ0n) is 12.3. The van der Waals surface area contributed by atoms with Crippen molar-refractivity contribution in [1.82, 2.24) is 0 Å². The lowest BCUT2D eigenvalue weighted by atomic mass is 9.97. The van der Waals surface area contributed by atoms with E-state index in [-0.39, 0.29) is 25.4 Å². The number of benzene rings is 1. The zero-order valence-corrected chi connectivity index (χ0v) is 12.3. The minimum absolute atomic E-state index is 0.166. The first kappa shape index (κ1) is 15.8. The van der Waals surface area contributed by atoms with Crippen LogP contribution in [0.25, 0.3) is 0 Å². The molecule has 0 N–H and O–H groups in total. The summed E-state index contributed by atoms with van der Waals surface area (Å²) in [5.74, 6) is -1.24. The van der Waals surface area contributed by atoms with Crippen LogP contribution in [0.4, 0.5) is 0 Å². The van der Waals surface area contributed by atoms with Crippen LogP contribution in [0, 0.1) is 5.92 Å². The SMILES string of the molecule is COC(=O)COc1ccc(CC2C(=O)COC2=O)cc1OC. The van der Waals surface area contributed by atoms with E-state index >= 15 is 0 Å². The third-order valence-corrected chi connectivity index (χ3v) is 3.27. The summed E-state index contributed by atoms with van der Waals surface area (Å²) in [4.78, 5) is 34.1. The Hall–Kier alpha value is -2.57. The summed E-state index contributed by atoms with van der Waals surface area (Å²) in [7, 11) is 2.73. The molecule has 0 spiro atoms. The van der Waals surface area contributed by atoms with Crippen molar-refractivity contribution in [2.24, 2.45) is 5.92 Å². The Morgan fingerprint density at radius 2 is 2.05 bits per heavy atom. The molecule has 0 radical (unpaired) electrons. The molecule has 1 saturated heterocycles. The molecule has 0 aliphatic carbocycles. The fourth-order valence-corrected chi connectivity index (χ4v) is 2.06. The summed E-state index contributed by atoms with van der Waals surface area (Å²) in [6, 6.07) is 4.97. The van der Waals surface area contributed by atoms with Crippen molar-refractivity contribution in [3.63, 3.8) is 0 Å². The fraction of sp³-hybridized carbons (Fsp3) is 0.400. The van der Waals surface area contributed by atoms with Crippen molar-refractivity contribution in [3.8, 4) is 11.5 Å². The number of methoxy groups -OCH3 is 2. The first-order valence-corrected chi connectivity index (χ1v) is 6.61. The van der Waals surface area contributed by atoms with Crippen LogP contribution in [0.5, 0.6) is 11.5 Å². The van der Waals surface area contributed by atoms with E-state index in [0.29, 0.717) is 11.5 Å². The number of Topliss-reactive ketones (excluding diaryl/α,β-unsaturated/α-hetero) is 1. The van der Waals surface area contributed by atoms with Crippen molar-refractivity contribution in [2.45, 2.75) is 6.42 Å². The molecule has 1 aliphatic rings. The van der Waals surface area contributed by atoms with Gasteiger partial charge in [-0.15, -0.1) is 0 Å². The molecule has 1 unspecified atom stereocenters. The summed E-state index contributed by atoms with van der Waals surface area (Å²) in [6.07, 6.45) is 0.241. The van der Waals surface area contributed by atoms with E-state index < -0.39 is 17.9 Å². The second kappa shape index (κ2) is 6.93. The van der Waals surface area contributed by atoms with Gasteiger partial charge in [-0.3, -0.25) is 9.59 Å². The van der Waals surface area contributed by atoms with Crippen molar-refractivity contribution in [1.29, 1.82) is 0 Å². The monoisotopic (exact) mass is 308 g/mol. The quantitative estimate of drug-likeness (QED) is 0.559. The van der Waals surface area contributed by atoms with Crippen molar-refractivity contribution < 1.29 is 33.3 Å². The predicted molar refractivity (Wildman–Crippen MR) is 73.7 cm³/mol. The number of esters is 2. The molecular weight excluding hydrogens is 292 g/mol. The van der Waals surface area contributed by atoms with E-state index in [0.717, 1.165) is 5.56 Å². The molecular formula is C15H16O7. The number of ketones is 1. The van der Waals surface area contributed by atoms with Crippen LogP contribution in [-0.2, 0) is 30.3 Å². The highest BCUT2D eigenvalue weighted by Gasteiger charge is 2.35. The van der Waals surface area contributed by atoms with Gasteiger partial charge in [-0.1, -0.05) is 6.07 Å². The van der Waals surface area contributed by atoms with Gasteiger partial charge >= 0.3 is 11.9 Å². The van der Waals surface area contributed by atoms with Crippen LogP contribution in [0.15, 0.2) is 18.2 Å². The van der Waals surface area contributed by atoms with E-state index in [1.165, 1.54) is 14.2 Å². The van der Waals surface area contributed by atoms with Crippen LogP contribution in [0.1, 0.15) is 5.56 Å². The maximum atomic E-state index is 11.6. The minimum Gasteiger partial charge on any atom is -0.493 e. The number of hydrogen-bond donors (Lipinski definition) is 0. The Labute approximate surface area is 127 Å². The molecule has 0 aromatic heterocycles. The normalized spacial score (nSPS) is 17.1. The van der Waals surface area contributed by atoms with Crippen LogP contribution >= 0.6 is 0 Å². The molecule has 0 saturated carbocycles. The summed E-state index contributed by atoms with van der Waals surface area (Å²) >= 11 is 0. The Balaban J connectivity index is 2.09. The van der Waals surface area contributed by atoms with E-state index in [1.54, 1.807) is 18.2 Å². The average molecular weight is 308 g/mol. The topological polar surface area (TPSA) is 88.1 Å². The first-order valence-electron chi connectivity index (χ1n) is 6.61. The molecule has 1 atom stereocenters. The van der Waals surface area contributed by atoms with Crippen molar-refractivity contribution >= 4 is 17.7 Å². The highest BCUT2D eigenvalue weighted by molar-refractivity contribution is 6.04. The molecule has 1 aliphatic heterocycles. The summed E-state index contributed by atoms with van der Waals surface area (Å²) in [5, 5.41) is 0. The molecule has 1 aromatic rings. The van der Waals surface area contributed by atoms with Gasteiger partial charge in [-0.2, -0.15) is 0 Å². The lowest BCUT2D eigenvalue weighted by molar-refractivity contribution is -0.143. The maximum absolute atomic E-state index is 11.6. The summed E-state index contributed by atoms with van der Waals surface area (Å²) in [5.41, 5.74) is 0.736. The first-order chi connectivity index (χ1) is 10.5. The molecule has 1 heterocycles. The van der Waals surface area contributed by atoms with E-state index in [2.05, 4.69) is 4.74 Å². The molecule has 2 rings (SSSR count). The lowest BCUT2D eigenvalue weighted by Crippen LogP contribution is -2.18. The van der Waals surface area contributed by atoms with Crippen LogP contribution in [-0.4, -0.2) is 45.2 Å². The Morgan fingerprint density at radius 1 is 1.27 bits per heavy atom. The molecule has 1 fully saturated rings. The number of carbonyl (C=O) groups excluding carboxylic acids is 3. The molecule has 0 amide bonds. The van der Waals surface area contributed by atoms with Gasteiger partial charge in [0.25, 0.3) is 0 Å². The van der Waals surface area contributed by atoms with Gasteiger partial charge in [0.05, 0.1) is 14.2 Å². The van der Waals surface area contributed by atoms with Gasteiger partial charge in [-0.25, -0.2) is 4.79 Å². The van der Waals surface area contributed by atoms with E-state index in [1.807, 2.05) is 0 Å². The molecule has 0 bridgehead atoms. The molecule has 22 heavy (non-hydrogen) atoms. The second-order valence-corrected chi connectivity index (χ2v) is 4.68. The number of carbonyl (C=O) groups is 3. The fourth-order valence-electron chi connectivity index (χ4n) is 2.06. The van der Waals surface area contributed by atoms with E-state index in [9.17, 15) is 14.4 Å². The van der Waals surface area contributed by atoms with Gasteiger partial charge < -0.3 is 18.9 Å². The van der Waals surface area contributed by atoms with Crippen LogP contribution in [0.3, 0.4) is 0 Å². The lowest BCUT2D eigenvalue weighted by Gasteiger charge is -2.12.